The Balaban J connectivity index is 1.94. The van der Waals surface area contributed by atoms with Gasteiger partial charge in [0.15, 0.2) is 0 Å². The van der Waals surface area contributed by atoms with Gasteiger partial charge in [0.25, 0.3) is 5.91 Å². The van der Waals surface area contributed by atoms with Crippen LogP contribution in [0.4, 0.5) is 0 Å². The van der Waals surface area contributed by atoms with Gasteiger partial charge in [-0.3, -0.25) is 4.79 Å². The van der Waals surface area contributed by atoms with Gasteiger partial charge in [-0.05, 0) is 25.1 Å². The highest BCUT2D eigenvalue weighted by atomic mass is 32.1. The Morgan fingerprint density at radius 1 is 1.38 bits per heavy atom. The number of thiophene rings is 1. The van der Waals surface area contributed by atoms with Crippen LogP contribution in [0.2, 0.25) is 0 Å². The minimum Gasteiger partial charge on any atom is -0.347 e. The lowest BCUT2D eigenvalue weighted by atomic mass is 10.3. The number of rotatable bonds is 3. The van der Waals surface area contributed by atoms with Gasteiger partial charge < -0.3 is 5.32 Å². The third kappa shape index (κ3) is 2.64. The number of hydrogen-bond acceptors (Lipinski definition) is 4. The van der Waals surface area contributed by atoms with Gasteiger partial charge in [0.1, 0.15) is 0 Å². The summed E-state index contributed by atoms with van der Waals surface area (Å²) in [6.45, 7) is 2.60. The number of nitrogens with one attached hydrogen (secondary N) is 1. The van der Waals surface area contributed by atoms with E-state index >= 15 is 0 Å². The zero-order valence-electron chi connectivity index (χ0n) is 8.80. The molecule has 4 nitrogen and oxygen atoms in total. The highest BCUT2D eigenvalue weighted by Crippen LogP contribution is 2.14. The first-order valence-corrected chi connectivity index (χ1v) is 5.67. The maximum Gasteiger partial charge on any atom is 0.253 e. The maximum absolute atomic E-state index is 11.7. The maximum atomic E-state index is 11.7. The molecule has 0 spiro atoms. The molecule has 0 atom stereocenters. The second-order valence-corrected chi connectivity index (χ2v) is 4.70. The Labute approximate surface area is 97.3 Å². The first-order valence-electron chi connectivity index (χ1n) is 4.86. The van der Waals surface area contributed by atoms with Crippen molar-refractivity contribution in [3.8, 4) is 0 Å². The summed E-state index contributed by atoms with van der Waals surface area (Å²) >= 11 is 1.68. The molecule has 0 unspecified atom stereocenters. The van der Waals surface area contributed by atoms with Gasteiger partial charge in [0.05, 0.1) is 24.5 Å². The monoisotopic (exact) mass is 233 g/mol. The van der Waals surface area contributed by atoms with E-state index in [2.05, 4.69) is 15.5 Å². The fourth-order valence-corrected chi connectivity index (χ4v) is 2.10. The van der Waals surface area contributed by atoms with Gasteiger partial charge in [-0.25, -0.2) is 0 Å². The molecule has 1 amide bonds. The van der Waals surface area contributed by atoms with E-state index in [-0.39, 0.29) is 5.91 Å². The second kappa shape index (κ2) is 4.85. The van der Waals surface area contributed by atoms with Gasteiger partial charge in [-0.2, -0.15) is 10.2 Å². The summed E-state index contributed by atoms with van der Waals surface area (Å²) in [6.07, 6.45) is 2.96. The summed E-state index contributed by atoms with van der Waals surface area (Å²) in [5.74, 6) is -0.124. The Morgan fingerprint density at radius 2 is 2.25 bits per heavy atom. The molecule has 0 saturated carbocycles. The molecule has 0 fully saturated rings. The van der Waals surface area contributed by atoms with Crippen molar-refractivity contribution in [2.24, 2.45) is 0 Å². The third-order valence-corrected chi connectivity index (χ3v) is 3.07. The van der Waals surface area contributed by atoms with Crippen molar-refractivity contribution in [1.82, 2.24) is 15.5 Å². The number of carbonyl (C=O) groups is 1. The molecule has 82 valence electrons. The van der Waals surface area contributed by atoms with Crippen molar-refractivity contribution < 1.29 is 4.79 Å². The number of nitrogens with zero attached hydrogens (tertiary/aromatic N) is 2. The molecule has 2 heterocycles. The highest BCUT2D eigenvalue weighted by Gasteiger charge is 2.05. The Bertz CT molecular complexity index is 481. The molecule has 0 aliphatic carbocycles. The summed E-state index contributed by atoms with van der Waals surface area (Å²) in [5.41, 5.74) is 0.531. The van der Waals surface area contributed by atoms with E-state index in [4.69, 9.17) is 0 Å². The molecule has 5 heteroatoms. The molecule has 0 aliphatic rings. The molecule has 0 radical (unpaired) electrons. The second-order valence-electron chi connectivity index (χ2n) is 3.33. The predicted octanol–water partition coefficient (Wildman–Crippen LogP) is 1.78. The molecule has 16 heavy (non-hydrogen) atoms. The first-order chi connectivity index (χ1) is 7.75. The molecule has 0 saturated heterocycles. The quantitative estimate of drug-likeness (QED) is 0.879. The van der Waals surface area contributed by atoms with E-state index in [1.54, 1.807) is 17.4 Å². The van der Waals surface area contributed by atoms with E-state index in [0.717, 1.165) is 4.88 Å². The standard InChI is InChI=1S/C11H11N3OS/c1-8-2-3-10(16-8)7-12-11(15)9-4-5-13-14-6-9/h2-6H,7H2,1H3,(H,12,15). The number of aromatic nitrogens is 2. The topological polar surface area (TPSA) is 54.9 Å². The zero-order chi connectivity index (χ0) is 11.4. The van der Waals surface area contributed by atoms with Crippen LogP contribution in [0.3, 0.4) is 0 Å². The third-order valence-electron chi connectivity index (χ3n) is 2.07. The summed E-state index contributed by atoms with van der Waals surface area (Å²) in [4.78, 5) is 14.0. The van der Waals surface area contributed by atoms with E-state index in [9.17, 15) is 4.79 Å². The Hall–Kier alpha value is -1.75. The van der Waals surface area contributed by atoms with E-state index < -0.39 is 0 Å². The minimum absolute atomic E-state index is 0.124. The number of hydrogen-bond donors (Lipinski definition) is 1. The molecule has 2 aromatic heterocycles. The summed E-state index contributed by atoms with van der Waals surface area (Å²) in [5, 5.41) is 10.1. The van der Waals surface area contributed by atoms with E-state index in [1.807, 2.05) is 19.1 Å². The largest absolute Gasteiger partial charge is 0.347 e. The van der Waals surface area contributed by atoms with Crippen LogP contribution < -0.4 is 5.32 Å². The molecular weight excluding hydrogens is 222 g/mol. The average Bonchev–Trinajstić information content (AvgIpc) is 2.73. The van der Waals surface area contributed by atoms with Gasteiger partial charge in [-0.1, -0.05) is 0 Å². The SMILES string of the molecule is Cc1ccc(CNC(=O)c2ccnnc2)s1. The normalized spacial score (nSPS) is 10.1. The molecule has 2 aromatic rings. The van der Waals surface area contributed by atoms with Crippen molar-refractivity contribution in [3.63, 3.8) is 0 Å². The van der Waals surface area contributed by atoms with Crippen LogP contribution in [0.1, 0.15) is 20.1 Å². The van der Waals surface area contributed by atoms with Crippen LogP contribution in [-0.2, 0) is 6.54 Å². The summed E-state index contributed by atoms with van der Waals surface area (Å²) < 4.78 is 0. The van der Waals surface area contributed by atoms with E-state index in [1.165, 1.54) is 17.3 Å². The number of carbonyl (C=O) groups excluding carboxylic acids is 1. The van der Waals surface area contributed by atoms with Crippen molar-refractivity contribution in [2.45, 2.75) is 13.5 Å². The van der Waals surface area contributed by atoms with Crippen LogP contribution in [0.25, 0.3) is 0 Å². The molecule has 0 bridgehead atoms. The number of amides is 1. The minimum atomic E-state index is -0.124. The highest BCUT2D eigenvalue weighted by molar-refractivity contribution is 7.11. The molecule has 0 aromatic carbocycles. The van der Waals surface area contributed by atoms with Crippen LogP contribution in [-0.4, -0.2) is 16.1 Å². The van der Waals surface area contributed by atoms with Crippen LogP contribution in [0.5, 0.6) is 0 Å². The lowest BCUT2D eigenvalue weighted by Crippen LogP contribution is -2.22. The van der Waals surface area contributed by atoms with Crippen LogP contribution in [0.15, 0.2) is 30.6 Å². The van der Waals surface area contributed by atoms with Gasteiger partial charge in [-0.15, -0.1) is 11.3 Å². The molecule has 0 aliphatic heterocycles. The van der Waals surface area contributed by atoms with E-state index in [0.29, 0.717) is 12.1 Å². The van der Waals surface area contributed by atoms with Crippen molar-refractivity contribution in [1.29, 1.82) is 0 Å². The lowest BCUT2D eigenvalue weighted by Gasteiger charge is -2.02. The molecule has 1 N–H and O–H groups in total. The van der Waals surface area contributed by atoms with Crippen molar-refractivity contribution >= 4 is 17.2 Å². The zero-order valence-corrected chi connectivity index (χ0v) is 9.62. The molecular formula is C11H11N3OS. The molecule has 2 rings (SSSR count). The Morgan fingerprint density at radius 3 is 2.88 bits per heavy atom. The van der Waals surface area contributed by atoms with Gasteiger partial charge >= 0.3 is 0 Å². The fraction of sp³-hybridized carbons (Fsp3) is 0.182. The average molecular weight is 233 g/mol. The van der Waals surface area contributed by atoms with Crippen molar-refractivity contribution in [3.05, 3.63) is 45.9 Å². The Kier molecular flexibility index (Phi) is 3.26. The van der Waals surface area contributed by atoms with Crippen LogP contribution in [0, 0.1) is 6.92 Å². The van der Waals surface area contributed by atoms with Crippen LogP contribution >= 0.6 is 11.3 Å². The summed E-state index contributed by atoms with van der Waals surface area (Å²) in [7, 11) is 0. The van der Waals surface area contributed by atoms with Crippen molar-refractivity contribution in [2.75, 3.05) is 0 Å². The smallest absolute Gasteiger partial charge is 0.253 e. The summed E-state index contributed by atoms with van der Waals surface area (Å²) in [6, 6.07) is 5.70. The number of aryl methyl sites for hydroxylation is 1. The lowest BCUT2D eigenvalue weighted by molar-refractivity contribution is 0.0950. The van der Waals surface area contributed by atoms with Gasteiger partial charge in [0.2, 0.25) is 0 Å². The predicted molar refractivity (Wildman–Crippen MR) is 62.3 cm³/mol. The van der Waals surface area contributed by atoms with Gasteiger partial charge in [0, 0.05) is 9.75 Å². The fourth-order valence-electron chi connectivity index (χ4n) is 1.27. The first kappa shape index (κ1) is 10.8.